The van der Waals surface area contributed by atoms with Crippen LogP contribution in [0.15, 0.2) is 24.4 Å². The van der Waals surface area contributed by atoms with Gasteiger partial charge in [0.25, 0.3) is 5.91 Å². The second-order valence-corrected chi connectivity index (χ2v) is 8.23. The smallest absolute Gasteiger partial charge is 0.272 e. The van der Waals surface area contributed by atoms with Crippen LogP contribution in [-0.2, 0) is 14.8 Å². The van der Waals surface area contributed by atoms with Gasteiger partial charge in [0.15, 0.2) is 0 Å². The molecule has 3 rings (SSSR count). The van der Waals surface area contributed by atoms with Crippen LogP contribution in [0.2, 0.25) is 0 Å². The number of pyridine rings is 1. The second kappa shape index (κ2) is 6.18. The molecular weight excluding hydrogens is 318 g/mol. The van der Waals surface area contributed by atoms with Gasteiger partial charge in [0.2, 0.25) is 10.0 Å². The highest BCUT2D eigenvalue weighted by atomic mass is 32.2. The Kier molecular flexibility index (Phi) is 4.39. The van der Waals surface area contributed by atoms with Crippen LogP contribution in [0.3, 0.4) is 0 Å². The van der Waals surface area contributed by atoms with E-state index in [0.29, 0.717) is 31.9 Å². The van der Waals surface area contributed by atoms with Gasteiger partial charge in [-0.3, -0.25) is 9.78 Å². The van der Waals surface area contributed by atoms with Crippen LogP contribution in [0, 0.1) is 5.92 Å². The lowest BCUT2D eigenvalue weighted by atomic mass is 9.83. The van der Waals surface area contributed by atoms with E-state index < -0.39 is 10.0 Å². The number of likely N-dealkylation sites (tertiary alicyclic amines) is 1. The number of sulfonamides is 1. The first-order chi connectivity index (χ1) is 10.9. The van der Waals surface area contributed by atoms with E-state index in [4.69, 9.17) is 4.74 Å². The summed E-state index contributed by atoms with van der Waals surface area (Å²) in [6, 6.07) is 5.29. The normalized spacial score (nSPS) is 23.5. The van der Waals surface area contributed by atoms with Crippen molar-refractivity contribution in [2.24, 2.45) is 5.92 Å². The van der Waals surface area contributed by atoms with Crippen molar-refractivity contribution in [1.82, 2.24) is 14.6 Å². The fourth-order valence-electron chi connectivity index (χ4n) is 3.04. The summed E-state index contributed by atoms with van der Waals surface area (Å²) in [6.45, 7) is 2.09. The lowest BCUT2D eigenvalue weighted by Gasteiger charge is -2.52. The fraction of sp³-hybridized carbons (Fsp3) is 0.600. The van der Waals surface area contributed by atoms with Crippen molar-refractivity contribution in [3.8, 4) is 0 Å². The zero-order chi connectivity index (χ0) is 16.5. The minimum atomic E-state index is -3.16. The van der Waals surface area contributed by atoms with Gasteiger partial charge in [-0.2, -0.15) is 0 Å². The largest absolute Gasteiger partial charge is 0.371 e. The summed E-state index contributed by atoms with van der Waals surface area (Å²) in [5.41, 5.74) is 0.194. The molecule has 2 aliphatic heterocycles. The maximum atomic E-state index is 12.3. The molecule has 0 aromatic carbocycles. The van der Waals surface area contributed by atoms with Gasteiger partial charge in [0.05, 0.1) is 26.0 Å². The standard InChI is InChI=1S/C15H21N3O4S/c1-23(20,21)17-8-12-5-6-15(22-9-12)10-18(11-15)14(19)13-4-2-3-7-16-13/h2-4,7,12,17H,5-6,8-11H2,1H3. The predicted molar refractivity (Wildman–Crippen MR) is 84.4 cm³/mol. The van der Waals surface area contributed by atoms with E-state index in [1.165, 1.54) is 0 Å². The Morgan fingerprint density at radius 2 is 2.26 bits per heavy atom. The van der Waals surface area contributed by atoms with Gasteiger partial charge < -0.3 is 9.64 Å². The molecule has 0 saturated carbocycles. The summed E-state index contributed by atoms with van der Waals surface area (Å²) in [6.07, 6.45) is 4.51. The van der Waals surface area contributed by atoms with Crippen LogP contribution in [-0.4, -0.2) is 62.3 Å². The Morgan fingerprint density at radius 3 is 2.83 bits per heavy atom. The quantitative estimate of drug-likeness (QED) is 0.850. The summed E-state index contributed by atoms with van der Waals surface area (Å²) in [5, 5.41) is 0. The molecule has 1 aromatic rings. The number of rotatable bonds is 4. The number of hydrogen-bond acceptors (Lipinski definition) is 5. The van der Waals surface area contributed by atoms with E-state index in [2.05, 4.69) is 9.71 Å². The third kappa shape index (κ3) is 3.88. The van der Waals surface area contributed by atoms with Crippen LogP contribution >= 0.6 is 0 Å². The van der Waals surface area contributed by atoms with Crippen molar-refractivity contribution >= 4 is 15.9 Å². The molecule has 0 bridgehead atoms. The van der Waals surface area contributed by atoms with Crippen LogP contribution in [0.5, 0.6) is 0 Å². The minimum Gasteiger partial charge on any atom is -0.371 e. The van der Waals surface area contributed by atoms with Crippen molar-refractivity contribution in [2.75, 3.05) is 32.5 Å². The molecule has 2 saturated heterocycles. The van der Waals surface area contributed by atoms with E-state index in [-0.39, 0.29) is 17.4 Å². The molecule has 1 aromatic heterocycles. The van der Waals surface area contributed by atoms with E-state index in [1.54, 1.807) is 29.3 Å². The van der Waals surface area contributed by atoms with Crippen molar-refractivity contribution in [1.29, 1.82) is 0 Å². The lowest BCUT2D eigenvalue weighted by Crippen LogP contribution is -2.66. The highest BCUT2D eigenvalue weighted by Gasteiger charge is 2.48. The van der Waals surface area contributed by atoms with Gasteiger partial charge in [-0.25, -0.2) is 13.1 Å². The van der Waals surface area contributed by atoms with Crippen molar-refractivity contribution in [3.05, 3.63) is 30.1 Å². The highest BCUT2D eigenvalue weighted by molar-refractivity contribution is 7.88. The molecule has 2 fully saturated rings. The van der Waals surface area contributed by atoms with Crippen molar-refractivity contribution < 1.29 is 17.9 Å². The third-order valence-electron chi connectivity index (χ3n) is 4.40. The van der Waals surface area contributed by atoms with Gasteiger partial charge >= 0.3 is 0 Å². The summed E-state index contributed by atoms with van der Waals surface area (Å²) < 4.78 is 30.7. The van der Waals surface area contributed by atoms with Crippen LogP contribution in [0.25, 0.3) is 0 Å². The molecule has 1 unspecified atom stereocenters. The first-order valence-corrected chi connectivity index (χ1v) is 9.55. The Labute approximate surface area is 136 Å². The average Bonchev–Trinajstić information content (AvgIpc) is 2.51. The number of hydrogen-bond donors (Lipinski definition) is 1. The molecule has 1 amide bonds. The molecule has 2 aliphatic rings. The lowest BCUT2D eigenvalue weighted by molar-refractivity contribution is -0.166. The van der Waals surface area contributed by atoms with Crippen molar-refractivity contribution in [2.45, 2.75) is 18.4 Å². The van der Waals surface area contributed by atoms with E-state index >= 15 is 0 Å². The first-order valence-electron chi connectivity index (χ1n) is 7.66. The molecular formula is C15H21N3O4S. The van der Waals surface area contributed by atoms with Crippen LogP contribution < -0.4 is 4.72 Å². The van der Waals surface area contributed by atoms with Crippen molar-refractivity contribution in [3.63, 3.8) is 0 Å². The zero-order valence-corrected chi connectivity index (χ0v) is 13.9. The topological polar surface area (TPSA) is 88.6 Å². The summed E-state index contributed by atoms with van der Waals surface area (Å²) in [4.78, 5) is 18.1. The number of amides is 1. The Morgan fingerprint density at radius 1 is 1.48 bits per heavy atom. The molecule has 1 N–H and O–H groups in total. The molecule has 1 spiro atoms. The number of ether oxygens (including phenoxy) is 1. The first kappa shape index (κ1) is 16.4. The fourth-order valence-corrected chi connectivity index (χ4v) is 3.58. The number of aromatic nitrogens is 1. The third-order valence-corrected chi connectivity index (χ3v) is 5.09. The molecule has 23 heavy (non-hydrogen) atoms. The molecule has 7 nitrogen and oxygen atoms in total. The average molecular weight is 339 g/mol. The van der Waals surface area contributed by atoms with E-state index in [9.17, 15) is 13.2 Å². The Balaban J connectivity index is 1.47. The second-order valence-electron chi connectivity index (χ2n) is 6.40. The van der Waals surface area contributed by atoms with Gasteiger partial charge in [-0.15, -0.1) is 0 Å². The predicted octanol–water partition coefficient (Wildman–Crippen LogP) is 0.252. The molecule has 0 aliphatic carbocycles. The van der Waals surface area contributed by atoms with Gasteiger partial charge in [0, 0.05) is 12.7 Å². The van der Waals surface area contributed by atoms with E-state index in [0.717, 1.165) is 19.1 Å². The van der Waals surface area contributed by atoms with E-state index in [1.807, 2.05) is 0 Å². The number of carbonyl (C=O) groups is 1. The SMILES string of the molecule is CS(=O)(=O)NCC1CCC2(CN(C(=O)c3ccccn3)C2)OC1. The molecule has 3 heterocycles. The molecule has 126 valence electrons. The number of nitrogens with one attached hydrogen (secondary N) is 1. The Bertz CT molecular complexity index is 661. The van der Waals surface area contributed by atoms with Gasteiger partial charge in [0.1, 0.15) is 11.3 Å². The molecule has 1 atom stereocenters. The van der Waals surface area contributed by atoms with Crippen LogP contribution in [0.1, 0.15) is 23.3 Å². The monoisotopic (exact) mass is 339 g/mol. The zero-order valence-electron chi connectivity index (χ0n) is 13.1. The summed E-state index contributed by atoms with van der Waals surface area (Å²) >= 11 is 0. The maximum absolute atomic E-state index is 12.3. The maximum Gasteiger partial charge on any atom is 0.272 e. The Hall–Kier alpha value is -1.51. The molecule has 8 heteroatoms. The molecule has 0 radical (unpaired) electrons. The van der Waals surface area contributed by atoms with Gasteiger partial charge in [-0.05, 0) is 30.9 Å². The summed E-state index contributed by atoms with van der Waals surface area (Å²) in [5.74, 6) is 0.122. The highest BCUT2D eigenvalue weighted by Crippen LogP contribution is 2.36. The number of nitrogens with zero attached hydrogens (tertiary/aromatic N) is 2. The van der Waals surface area contributed by atoms with Gasteiger partial charge in [-0.1, -0.05) is 6.07 Å². The van der Waals surface area contributed by atoms with Crippen LogP contribution in [0.4, 0.5) is 0 Å². The number of carbonyl (C=O) groups excluding carboxylic acids is 1. The summed E-state index contributed by atoms with van der Waals surface area (Å²) in [7, 11) is -3.16. The minimum absolute atomic E-state index is 0.0688.